The van der Waals surface area contributed by atoms with Crippen molar-refractivity contribution in [3.05, 3.63) is 11.6 Å². The molecule has 2 aliphatic heterocycles. The van der Waals surface area contributed by atoms with Gasteiger partial charge in [0.05, 0.1) is 5.37 Å². The lowest BCUT2D eigenvalue weighted by molar-refractivity contribution is 0.132. The van der Waals surface area contributed by atoms with Gasteiger partial charge in [0.25, 0.3) is 0 Å². The van der Waals surface area contributed by atoms with Crippen LogP contribution < -0.4 is 5.32 Å². The van der Waals surface area contributed by atoms with Crippen molar-refractivity contribution in [3.63, 3.8) is 0 Å². The Morgan fingerprint density at radius 2 is 1.94 bits per heavy atom. The van der Waals surface area contributed by atoms with Crippen LogP contribution >= 0.6 is 11.8 Å². The summed E-state index contributed by atoms with van der Waals surface area (Å²) in [6, 6.07) is 0. The fourth-order valence-electron chi connectivity index (χ4n) is 1.99. The highest BCUT2D eigenvalue weighted by Crippen LogP contribution is 2.30. The van der Waals surface area contributed by atoms with E-state index in [1.165, 1.54) is 32.5 Å². The molecule has 0 radical (unpaired) electrons. The summed E-state index contributed by atoms with van der Waals surface area (Å²) in [5.41, 5.74) is 0.574. The Hall–Kier alpha value is -0.150. The predicted octanol–water partition coefficient (Wildman–Crippen LogP) is 3.27. The van der Waals surface area contributed by atoms with E-state index in [0.29, 0.717) is 10.8 Å². The van der Waals surface area contributed by atoms with Crippen molar-refractivity contribution in [3.8, 4) is 0 Å². The highest BCUT2D eigenvalue weighted by molar-refractivity contribution is 8.02. The van der Waals surface area contributed by atoms with Gasteiger partial charge in [-0.3, -0.25) is 0 Å². The van der Waals surface area contributed by atoms with Crippen molar-refractivity contribution >= 4 is 11.8 Å². The molecule has 94 valence electrons. The van der Waals surface area contributed by atoms with Crippen LogP contribution in [0.25, 0.3) is 0 Å². The molecule has 1 saturated heterocycles. The summed E-state index contributed by atoms with van der Waals surface area (Å²) in [5, 5.41) is 6.11. The molecule has 0 bridgehead atoms. The van der Waals surface area contributed by atoms with E-state index < -0.39 is 0 Å². The minimum Gasteiger partial charge on any atom is -0.377 e. The average molecular weight is 242 g/mol. The maximum Gasteiger partial charge on any atom is 0.0887 e. The molecular formula is C13H26N2S. The Balaban J connectivity index is 0.000000606. The molecule has 16 heavy (non-hydrogen) atoms. The Morgan fingerprint density at radius 3 is 2.44 bits per heavy atom. The van der Waals surface area contributed by atoms with Crippen molar-refractivity contribution < 1.29 is 0 Å². The van der Waals surface area contributed by atoms with Crippen molar-refractivity contribution in [2.24, 2.45) is 5.41 Å². The van der Waals surface area contributed by atoms with Crippen LogP contribution in [0.1, 0.15) is 40.5 Å². The molecular weight excluding hydrogens is 216 g/mol. The summed E-state index contributed by atoms with van der Waals surface area (Å²) in [6.07, 6.45) is 4.75. The molecule has 0 amide bonds. The van der Waals surface area contributed by atoms with Crippen LogP contribution in [-0.4, -0.2) is 29.9 Å². The number of hydrogen-bond donors (Lipinski definition) is 1. The molecule has 2 heterocycles. The molecule has 0 saturated carbocycles. The van der Waals surface area contributed by atoms with Gasteiger partial charge in [-0.2, -0.15) is 0 Å². The number of rotatable bonds is 2. The van der Waals surface area contributed by atoms with Gasteiger partial charge in [0.1, 0.15) is 0 Å². The average Bonchev–Trinajstić information content (AvgIpc) is 2.77. The van der Waals surface area contributed by atoms with E-state index in [1.807, 2.05) is 25.6 Å². The number of hydrogen-bond acceptors (Lipinski definition) is 3. The number of nitrogens with zero attached hydrogens (tertiary/aromatic N) is 1. The maximum atomic E-state index is 3.37. The molecule has 0 aliphatic carbocycles. The molecule has 1 N–H and O–H groups in total. The van der Waals surface area contributed by atoms with E-state index in [1.54, 1.807) is 0 Å². The molecule has 1 fully saturated rings. The van der Waals surface area contributed by atoms with Crippen molar-refractivity contribution in [1.82, 2.24) is 10.2 Å². The minimum absolute atomic E-state index is 0.574. The Kier molecular flexibility index (Phi) is 5.70. The van der Waals surface area contributed by atoms with Gasteiger partial charge >= 0.3 is 0 Å². The highest BCUT2D eigenvalue weighted by atomic mass is 32.2. The molecule has 3 heteroatoms. The topological polar surface area (TPSA) is 15.3 Å². The van der Waals surface area contributed by atoms with E-state index in [9.17, 15) is 0 Å². The summed E-state index contributed by atoms with van der Waals surface area (Å²) >= 11 is 1.90. The van der Waals surface area contributed by atoms with Gasteiger partial charge in [-0.05, 0) is 36.8 Å². The summed E-state index contributed by atoms with van der Waals surface area (Å²) in [7, 11) is 0. The first kappa shape index (κ1) is 13.9. The third-order valence-electron chi connectivity index (χ3n) is 3.23. The first-order chi connectivity index (χ1) is 7.66. The third kappa shape index (κ3) is 4.38. The standard InChI is InChI=1S/C11H20N2S.C2H6/c1-11(2)3-6-13(7-4-11)9-10-12-5-8-14-10;1-2/h5,8,10,12H,3-4,6-7,9H2,1-2H3;1-2H3. The molecule has 1 unspecified atom stereocenters. The van der Waals surface area contributed by atoms with E-state index in [-0.39, 0.29) is 0 Å². The molecule has 0 aromatic heterocycles. The van der Waals surface area contributed by atoms with Crippen LogP contribution in [0.3, 0.4) is 0 Å². The quantitative estimate of drug-likeness (QED) is 0.800. The zero-order valence-electron chi connectivity index (χ0n) is 11.1. The van der Waals surface area contributed by atoms with Gasteiger partial charge in [-0.1, -0.05) is 27.7 Å². The van der Waals surface area contributed by atoms with Crippen LogP contribution in [-0.2, 0) is 0 Å². The number of likely N-dealkylation sites (tertiary alicyclic amines) is 1. The monoisotopic (exact) mass is 242 g/mol. The molecule has 0 aromatic carbocycles. The number of piperidine rings is 1. The first-order valence-electron chi connectivity index (χ1n) is 6.45. The smallest absolute Gasteiger partial charge is 0.0887 e. The second-order valence-corrected chi connectivity index (χ2v) is 6.17. The van der Waals surface area contributed by atoms with E-state index >= 15 is 0 Å². The van der Waals surface area contributed by atoms with Gasteiger partial charge < -0.3 is 10.2 Å². The highest BCUT2D eigenvalue weighted by Gasteiger charge is 2.26. The van der Waals surface area contributed by atoms with Gasteiger partial charge in [0, 0.05) is 12.7 Å². The van der Waals surface area contributed by atoms with Gasteiger partial charge in [-0.25, -0.2) is 0 Å². The maximum absolute atomic E-state index is 3.37. The lowest BCUT2D eigenvalue weighted by Crippen LogP contribution is -2.42. The molecule has 2 aliphatic rings. The summed E-state index contributed by atoms with van der Waals surface area (Å²) in [5.74, 6) is 0. The van der Waals surface area contributed by atoms with Gasteiger partial charge in [0.15, 0.2) is 0 Å². The molecule has 2 rings (SSSR count). The lowest BCUT2D eigenvalue weighted by atomic mass is 9.83. The van der Waals surface area contributed by atoms with Gasteiger partial charge in [0.2, 0.25) is 0 Å². The predicted molar refractivity (Wildman–Crippen MR) is 74.5 cm³/mol. The van der Waals surface area contributed by atoms with E-state index in [4.69, 9.17) is 0 Å². The summed E-state index contributed by atoms with van der Waals surface area (Å²) in [6.45, 7) is 12.5. The van der Waals surface area contributed by atoms with Gasteiger partial charge in [-0.15, -0.1) is 11.8 Å². The second-order valence-electron chi connectivity index (χ2n) is 5.06. The fourth-order valence-corrected chi connectivity index (χ4v) is 2.79. The molecule has 1 atom stereocenters. The molecule has 0 spiro atoms. The largest absolute Gasteiger partial charge is 0.377 e. The molecule has 0 aromatic rings. The first-order valence-corrected chi connectivity index (χ1v) is 7.39. The molecule has 2 nitrogen and oxygen atoms in total. The third-order valence-corrected chi connectivity index (χ3v) is 4.13. The zero-order chi connectivity index (χ0) is 12.0. The van der Waals surface area contributed by atoms with Crippen LogP contribution in [0.2, 0.25) is 0 Å². The normalized spacial score (nSPS) is 28.1. The SMILES string of the molecule is CC.CC1(C)CCN(CC2NC=CS2)CC1. The summed E-state index contributed by atoms with van der Waals surface area (Å²) < 4.78 is 0. The van der Waals surface area contributed by atoms with Crippen molar-refractivity contribution in [2.75, 3.05) is 19.6 Å². The second kappa shape index (κ2) is 6.55. The minimum atomic E-state index is 0.574. The van der Waals surface area contributed by atoms with Crippen LogP contribution in [0.4, 0.5) is 0 Å². The van der Waals surface area contributed by atoms with E-state index in [2.05, 4.69) is 35.7 Å². The lowest BCUT2D eigenvalue weighted by Gasteiger charge is -2.37. The Bertz CT molecular complexity index is 208. The Labute approximate surface area is 105 Å². The zero-order valence-corrected chi connectivity index (χ0v) is 11.9. The Morgan fingerprint density at radius 1 is 1.31 bits per heavy atom. The van der Waals surface area contributed by atoms with Crippen LogP contribution in [0.5, 0.6) is 0 Å². The van der Waals surface area contributed by atoms with Crippen molar-refractivity contribution in [1.29, 1.82) is 0 Å². The fraction of sp³-hybridized carbons (Fsp3) is 0.846. The summed E-state index contributed by atoms with van der Waals surface area (Å²) in [4.78, 5) is 2.59. The van der Waals surface area contributed by atoms with Crippen LogP contribution in [0.15, 0.2) is 11.6 Å². The van der Waals surface area contributed by atoms with Crippen molar-refractivity contribution in [2.45, 2.75) is 45.9 Å². The number of thioether (sulfide) groups is 1. The number of nitrogens with one attached hydrogen (secondary N) is 1. The van der Waals surface area contributed by atoms with E-state index in [0.717, 1.165) is 0 Å². The van der Waals surface area contributed by atoms with Crippen LogP contribution in [0, 0.1) is 5.41 Å².